The van der Waals surface area contributed by atoms with Crippen molar-refractivity contribution < 1.29 is 18.1 Å². The van der Waals surface area contributed by atoms with Crippen molar-refractivity contribution in [1.29, 1.82) is 0 Å². The number of phenols is 1. The molecular formula is C19H19N7O4S. The molecule has 4 aromatic rings. The van der Waals surface area contributed by atoms with Crippen molar-refractivity contribution in [1.82, 2.24) is 15.2 Å². The van der Waals surface area contributed by atoms with Crippen LogP contribution >= 0.6 is 0 Å². The number of aromatic hydroxyl groups is 1. The van der Waals surface area contributed by atoms with E-state index < -0.39 is 26.5 Å². The monoisotopic (exact) mass is 441 g/mol. The molecule has 0 unspecified atom stereocenters. The predicted octanol–water partition coefficient (Wildman–Crippen LogP) is 3.49. The van der Waals surface area contributed by atoms with Gasteiger partial charge in [0.15, 0.2) is 5.75 Å². The number of aryl methyl sites for hydroxylation is 1. The molecule has 0 radical (unpaired) electrons. The molecule has 1 heterocycles. The Morgan fingerprint density at radius 1 is 1.03 bits per heavy atom. The number of anilines is 2. The number of H-pyrrole nitrogens is 1. The quantitative estimate of drug-likeness (QED) is 0.181. The zero-order valence-electron chi connectivity index (χ0n) is 16.3. The number of azo groups is 1. The molecule has 0 saturated carbocycles. The Morgan fingerprint density at radius 3 is 2.29 bits per heavy atom. The van der Waals surface area contributed by atoms with Gasteiger partial charge < -0.3 is 16.6 Å². The topological polar surface area (TPSA) is 193 Å². The van der Waals surface area contributed by atoms with Crippen LogP contribution in [0.25, 0.3) is 10.8 Å². The van der Waals surface area contributed by atoms with Crippen LogP contribution in [0.1, 0.15) is 5.56 Å². The van der Waals surface area contributed by atoms with E-state index in [2.05, 4.69) is 44.5 Å². The molecule has 0 atom stereocenters. The minimum absolute atomic E-state index is 0.0190. The van der Waals surface area contributed by atoms with Crippen LogP contribution in [0.15, 0.2) is 69.7 Å². The molecule has 0 fully saturated rings. The van der Waals surface area contributed by atoms with Gasteiger partial charge in [-0.25, -0.2) is 5.10 Å². The fourth-order valence-electron chi connectivity index (χ4n) is 2.59. The first-order chi connectivity index (χ1) is 14.6. The molecule has 0 saturated heterocycles. The minimum atomic E-state index is -4.68. The fourth-order valence-corrected chi connectivity index (χ4v) is 3.25. The number of benzene rings is 3. The third-order valence-electron chi connectivity index (χ3n) is 4.03. The van der Waals surface area contributed by atoms with E-state index in [-0.39, 0.29) is 17.3 Å². The van der Waals surface area contributed by atoms with Crippen LogP contribution in [-0.4, -0.2) is 33.3 Å². The number of aromatic amines is 1. The summed E-state index contributed by atoms with van der Waals surface area (Å²) in [5.41, 5.74) is 12.2. The lowest BCUT2D eigenvalue weighted by Crippen LogP contribution is -1.99. The number of hydrogen-bond donors (Lipinski definition) is 5. The van der Waals surface area contributed by atoms with Crippen LogP contribution in [0, 0.1) is 6.92 Å². The molecule has 31 heavy (non-hydrogen) atoms. The lowest BCUT2D eigenvalue weighted by Gasteiger charge is -2.09. The number of aromatic nitrogens is 3. The highest BCUT2D eigenvalue weighted by Crippen LogP contribution is 2.41. The Bertz CT molecular complexity index is 1350. The third-order valence-corrected chi connectivity index (χ3v) is 4.89. The first kappa shape index (κ1) is 21.7. The molecule has 1 aromatic heterocycles. The van der Waals surface area contributed by atoms with Crippen LogP contribution < -0.4 is 11.5 Å². The average Bonchev–Trinajstić information content (AvgIpc) is 3.13. The van der Waals surface area contributed by atoms with Gasteiger partial charge in [-0.2, -0.15) is 13.4 Å². The van der Waals surface area contributed by atoms with E-state index in [1.807, 2.05) is 18.2 Å². The summed E-state index contributed by atoms with van der Waals surface area (Å²) in [5.74, 6) is -0.713. The van der Waals surface area contributed by atoms with Crippen molar-refractivity contribution in [3.63, 3.8) is 0 Å². The number of fused-ring (bicyclic) bond motifs is 1. The molecule has 11 nitrogen and oxygen atoms in total. The number of phenolic OH excluding ortho intramolecular Hbond substituents is 1. The zero-order chi connectivity index (χ0) is 22.6. The van der Waals surface area contributed by atoms with Crippen LogP contribution in [0.5, 0.6) is 5.75 Å². The van der Waals surface area contributed by atoms with Crippen LogP contribution in [0.3, 0.4) is 0 Å². The number of nitrogens with one attached hydrogen (secondary N) is 1. The van der Waals surface area contributed by atoms with Crippen LogP contribution in [0.2, 0.25) is 0 Å². The van der Waals surface area contributed by atoms with Crippen molar-refractivity contribution >= 4 is 44.2 Å². The van der Waals surface area contributed by atoms with Gasteiger partial charge >= 0.3 is 0 Å². The summed E-state index contributed by atoms with van der Waals surface area (Å²) in [5, 5.41) is 24.1. The molecule has 0 bridgehead atoms. The smallest absolute Gasteiger partial charge is 0.296 e. The Morgan fingerprint density at radius 2 is 1.74 bits per heavy atom. The summed E-state index contributed by atoms with van der Waals surface area (Å²) in [4.78, 5) is 3.04. The van der Waals surface area contributed by atoms with E-state index in [1.165, 1.54) is 23.8 Å². The van der Waals surface area contributed by atoms with Gasteiger partial charge in [0.25, 0.3) is 16.1 Å². The van der Waals surface area contributed by atoms with Gasteiger partial charge in [0.1, 0.15) is 10.6 Å². The van der Waals surface area contributed by atoms with Gasteiger partial charge in [-0.15, -0.1) is 15.3 Å². The van der Waals surface area contributed by atoms with Crippen LogP contribution in [-0.2, 0) is 10.1 Å². The van der Waals surface area contributed by atoms with Crippen molar-refractivity contribution in [2.45, 2.75) is 11.8 Å². The van der Waals surface area contributed by atoms with Gasteiger partial charge in [0.05, 0.1) is 0 Å². The maximum Gasteiger partial charge on any atom is 0.296 e. The van der Waals surface area contributed by atoms with Gasteiger partial charge in [-0.1, -0.05) is 42.0 Å². The maximum absolute atomic E-state index is 11.6. The fraction of sp³-hybridized carbons (Fsp3) is 0.0526. The van der Waals surface area contributed by atoms with Gasteiger partial charge in [-0.3, -0.25) is 4.55 Å². The third kappa shape index (κ3) is 5.32. The number of hydrogen-bond acceptors (Lipinski definition) is 9. The number of nitrogen functional groups attached to an aromatic ring is 2. The minimum Gasteiger partial charge on any atom is -0.505 e. The highest BCUT2D eigenvalue weighted by Gasteiger charge is 2.22. The summed E-state index contributed by atoms with van der Waals surface area (Å²) >= 11 is 0. The molecular weight excluding hydrogens is 422 g/mol. The highest BCUT2D eigenvalue weighted by atomic mass is 32.2. The van der Waals surface area contributed by atoms with Crippen molar-refractivity contribution in [2.75, 3.05) is 11.5 Å². The van der Waals surface area contributed by atoms with Crippen molar-refractivity contribution in [2.24, 2.45) is 10.2 Å². The first-order valence-electron chi connectivity index (χ1n) is 8.79. The van der Waals surface area contributed by atoms with E-state index in [0.717, 1.165) is 6.07 Å². The Balaban J connectivity index is 0.000000330. The molecule has 0 aliphatic carbocycles. The maximum atomic E-state index is 11.6. The lowest BCUT2D eigenvalue weighted by molar-refractivity contribution is 0.472. The normalized spacial score (nSPS) is 11.4. The molecule has 7 N–H and O–H groups in total. The van der Waals surface area contributed by atoms with E-state index in [0.29, 0.717) is 11.1 Å². The van der Waals surface area contributed by atoms with E-state index in [9.17, 15) is 18.1 Å². The molecule has 12 heteroatoms. The predicted molar refractivity (Wildman–Crippen MR) is 116 cm³/mol. The van der Waals surface area contributed by atoms with E-state index in [4.69, 9.17) is 11.5 Å². The molecule has 4 rings (SSSR count). The standard InChI is InChI=1S/C12H11N7O4S.C7H8/c13-6-2-1-5-3-8(24(21,22)23)9(10(20)7(5)4-6)16-18-12-15-11(14)17-19-12;1-7-5-3-2-4-6-7/h1-4,20H,13H2,(H,21,22,23)(H3,14,15,17,19);2-6H,1H3. The SMILES string of the molecule is Cc1ccccc1.Nc1ccc2cc(S(=O)(=O)O)c(N=Nc3n[nH]c(N)n3)c(O)c2c1. The molecule has 0 aliphatic rings. The zero-order valence-corrected chi connectivity index (χ0v) is 17.1. The first-order valence-corrected chi connectivity index (χ1v) is 10.2. The van der Waals surface area contributed by atoms with Gasteiger partial charge in [-0.05, 0) is 30.5 Å². The Kier molecular flexibility index (Phi) is 6.13. The summed E-state index contributed by atoms with van der Waals surface area (Å²) in [6.07, 6.45) is 0. The van der Waals surface area contributed by atoms with Crippen LogP contribution in [0.4, 0.5) is 23.3 Å². The number of nitrogens with two attached hydrogens (primary N) is 2. The Labute approximate surface area is 177 Å². The summed E-state index contributed by atoms with van der Waals surface area (Å²) < 4.78 is 32.6. The lowest BCUT2D eigenvalue weighted by atomic mass is 10.1. The number of nitrogens with zero attached hydrogens (tertiary/aromatic N) is 4. The second-order valence-corrected chi connectivity index (χ2v) is 7.79. The largest absolute Gasteiger partial charge is 0.505 e. The van der Waals surface area contributed by atoms with Gasteiger partial charge in [0.2, 0.25) is 5.95 Å². The summed E-state index contributed by atoms with van der Waals surface area (Å²) in [7, 11) is -4.68. The average molecular weight is 441 g/mol. The Hall–Kier alpha value is -4.03. The summed E-state index contributed by atoms with van der Waals surface area (Å²) in [6, 6.07) is 15.9. The second-order valence-electron chi connectivity index (χ2n) is 6.40. The van der Waals surface area contributed by atoms with E-state index >= 15 is 0 Å². The molecule has 0 aliphatic heterocycles. The van der Waals surface area contributed by atoms with Crippen molar-refractivity contribution in [3.8, 4) is 5.75 Å². The second kappa shape index (κ2) is 8.77. The molecule has 3 aromatic carbocycles. The van der Waals surface area contributed by atoms with E-state index in [1.54, 1.807) is 0 Å². The summed E-state index contributed by atoms with van der Waals surface area (Å²) in [6.45, 7) is 2.08. The van der Waals surface area contributed by atoms with Crippen molar-refractivity contribution in [3.05, 3.63) is 60.2 Å². The number of rotatable bonds is 3. The molecule has 0 amide bonds. The highest BCUT2D eigenvalue weighted by molar-refractivity contribution is 7.86. The molecule has 160 valence electrons. The van der Waals surface area contributed by atoms with Gasteiger partial charge in [0, 0.05) is 11.1 Å². The molecule has 0 spiro atoms.